The van der Waals surface area contributed by atoms with Crippen molar-refractivity contribution in [1.82, 2.24) is 5.32 Å². The lowest BCUT2D eigenvalue weighted by Gasteiger charge is -2.27. The quantitative estimate of drug-likeness (QED) is 0.893. The molecule has 0 aromatic heterocycles. The van der Waals surface area contributed by atoms with Crippen molar-refractivity contribution in [2.75, 3.05) is 18.7 Å². The minimum absolute atomic E-state index is 0.274. The number of hydrogen-bond donors (Lipinski definition) is 2. The second kappa shape index (κ2) is 6.10. The zero-order valence-electron chi connectivity index (χ0n) is 11.7. The number of rotatable bonds is 4. The molecule has 110 valence electrons. The highest BCUT2D eigenvalue weighted by molar-refractivity contribution is 6.33. The van der Waals surface area contributed by atoms with E-state index in [-0.39, 0.29) is 6.79 Å². The van der Waals surface area contributed by atoms with Gasteiger partial charge in [-0.2, -0.15) is 0 Å². The molecule has 2 atom stereocenters. The molecule has 0 aliphatic carbocycles. The SMILES string of the molecule is CC(CC1CCCCN1)Nc1cc2c(cc1Cl)OCO2. The summed E-state index contributed by atoms with van der Waals surface area (Å²) in [5.41, 5.74) is 0.916. The van der Waals surface area contributed by atoms with Crippen LogP contribution in [0.15, 0.2) is 12.1 Å². The van der Waals surface area contributed by atoms with E-state index in [1.807, 2.05) is 12.1 Å². The highest BCUT2D eigenvalue weighted by Crippen LogP contribution is 2.39. The van der Waals surface area contributed by atoms with E-state index in [1.165, 1.54) is 19.3 Å². The normalized spacial score (nSPS) is 22.6. The molecule has 3 rings (SSSR count). The van der Waals surface area contributed by atoms with Crippen LogP contribution < -0.4 is 20.1 Å². The van der Waals surface area contributed by atoms with Crippen molar-refractivity contribution in [2.45, 2.75) is 44.7 Å². The van der Waals surface area contributed by atoms with Gasteiger partial charge in [0, 0.05) is 24.2 Å². The molecule has 2 aliphatic heterocycles. The Morgan fingerprint density at radius 1 is 1.35 bits per heavy atom. The summed E-state index contributed by atoms with van der Waals surface area (Å²) in [6.07, 6.45) is 4.99. The number of piperidine rings is 1. The molecular formula is C15H21ClN2O2. The fraction of sp³-hybridized carbons (Fsp3) is 0.600. The Morgan fingerprint density at radius 3 is 2.90 bits per heavy atom. The van der Waals surface area contributed by atoms with E-state index in [0.717, 1.165) is 30.2 Å². The number of halogens is 1. The summed E-state index contributed by atoms with van der Waals surface area (Å²) in [7, 11) is 0. The fourth-order valence-electron chi connectivity index (χ4n) is 2.90. The van der Waals surface area contributed by atoms with Gasteiger partial charge in [0.2, 0.25) is 6.79 Å². The lowest BCUT2D eigenvalue weighted by Crippen LogP contribution is -2.37. The van der Waals surface area contributed by atoms with Crippen LogP contribution in [-0.2, 0) is 0 Å². The molecule has 5 heteroatoms. The van der Waals surface area contributed by atoms with E-state index in [4.69, 9.17) is 21.1 Å². The van der Waals surface area contributed by atoms with E-state index in [0.29, 0.717) is 17.1 Å². The van der Waals surface area contributed by atoms with Gasteiger partial charge in [0.05, 0.1) is 10.7 Å². The molecule has 4 nitrogen and oxygen atoms in total. The summed E-state index contributed by atoms with van der Waals surface area (Å²) in [6.45, 7) is 3.61. The number of anilines is 1. The molecule has 20 heavy (non-hydrogen) atoms. The van der Waals surface area contributed by atoms with Crippen molar-refractivity contribution >= 4 is 17.3 Å². The minimum atomic E-state index is 0.274. The lowest BCUT2D eigenvalue weighted by molar-refractivity contribution is 0.174. The van der Waals surface area contributed by atoms with Gasteiger partial charge in [-0.1, -0.05) is 18.0 Å². The molecule has 1 saturated heterocycles. The third-order valence-corrected chi connectivity index (χ3v) is 4.23. The zero-order valence-corrected chi connectivity index (χ0v) is 12.5. The molecule has 2 heterocycles. The Labute approximate surface area is 124 Å². The summed E-state index contributed by atoms with van der Waals surface area (Å²) in [5.74, 6) is 1.49. The summed E-state index contributed by atoms with van der Waals surface area (Å²) in [4.78, 5) is 0. The van der Waals surface area contributed by atoms with Crippen LogP contribution in [0.25, 0.3) is 0 Å². The molecular weight excluding hydrogens is 276 g/mol. The first kappa shape index (κ1) is 13.8. The highest BCUT2D eigenvalue weighted by atomic mass is 35.5. The molecule has 0 spiro atoms. The van der Waals surface area contributed by atoms with Crippen molar-refractivity contribution in [3.8, 4) is 11.5 Å². The topological polar surface area (TPSA) is 42.5 Å². The van der Waals surface area contributed by atoms with Crippen LogP contribution >= 0.6 is 11.6 Å². The first-order valence-electron chi connectivity index (χ1n) is 7.31. The van der Waals surface area contributed by atoms with E-state index < -0.39 is 0 Å². The monoisotopic (exact) mass is 296 g/mol. The van der Waals surface area contributed by atoms with Gasteiger partial charge in [0.1, 0.15) is 0 Å². The Hall–Kier alpha value is -1.13. The molecule has 0 amide bonds. The second-order valence-corrected chi connectivity index (χ2v) is 6.02. The number of benzene rings is 1. The first-order valence-corrected chi connectivity index (χ1v) is 7.69. The fourth-order valence-corrected chi connectivity index (χ4v) is 3.11. The summed E-state index contributed by atoms with van der Waals surface area (Å²) in [6, 6.07) is 4.72. The third-order valence-electron chi connectivity index (χ3n) is 3.91. The molecule has 2 aliphatic rings. The summed E-state index contributed by atoms with van der Waals surface area (Å²) < 4.78 is 10.7. The second-order valence-electron chi connectivity index (χ2n) is 5.61. The number of fused-ring (bicyclic) bond motifs is 1. The molecule has 2 unspecified atom stereocenters. The van der Waals surface area contributed by atoms with Crippen LogP contribution in [0.3, 0.4) is 0 Å². The molecule has 1 aromatic rings. The van der Waals surface area contributed by atoms with Crippen molar-refractivity contribution in [3.63, 3.8) is 0 Å². The third kappa shape index (κ3) is 3.13. The van der Waals surface area contributed by atoms with Gasteiger partial charge in [0.25, 0.3) is 0 Å². The largest absolute Gasteiger partial charge is 0.454 e. The van der Waals surface area contributed by atoms with Crippen molar-refractivity contribution in [3.05, 3.63) is 17.2 Å². The first-order chi connectivity index (χ1) is 9.72. The number of ether oxygens (including phenoxy) is 2. The van der Waals surface area contributed by atoms with Gasteiger partial charge in [0.15, 0.2) is 11.5 Å². The average molecular weight is 297 g/mol. The van der Waals surface area contributed by atoms with Gasteiger partial charge in [-0.15, -0.1) is 0 Å². The molecule has 0 saturated carbocycles. The number of hydrogen-bond acceptors (Lipinski definition) is 4. The van der Waals surface area contributed by atoms with Gasteiger partial charge < -0.3 is 20.1 Å². The van der Waals surface area contributed by atoms with Crippen molar-refractivity contribution in [1.29, 1.82) is 0 Å². The van der Waals surface area contributed by atoms with E-state index in [9.17, 15) is 0 Å². The van der Waals surface area contributed by atoms with E-state index >= 15 is 0 Å². The summed E-state index contributed by atoms with van der Waals surface area (Å²) >= 11 is 6.28. The molecule has 2 N–H and O–H groups in total. The highest BCUT2D eigenvalue weighted by Gasteiger charge is 2.19. The molecule has 1 fully saturated rings. The van der Waals surface area contributed by atoms with Crippen LogP contribution in [0.2, 0.25) is 5.02 Å². The van der Waals surface area contributed by atoms with Gasteiger partial charge in [-0.3, -0.25) is 0 Å². The maximum absolute atomic E-state index is 6.28. The van der Waals surface area contributed by atoms with Crippen LogP contribution in [0.4, 0.5) is 5.69 Å². The maximum Gasteiger partial charge on any atom is 0.231 e. The Bertz CT molecular complexity index is 475. The van der Waals surface area contributed by atoms with E-state index in [1.54, 1.807) is 0 Å². The van der Waals surface area contributed by atoms with Crippen molar-refractivity contribution in [2.24, 2.45) is 0 Å². The molecule has 0 bridgehead atoms. The Morgan fingerprint density at radius 2 is 2.15 bits per heavy atom. The predicted octanol–water partition coefficient (Wildman–Crippen LogP) is 3.40. The van der Waals surface area contributed by atoms with E-state index in [2.05, 4.69) is 17.6 Å². The van der Waals surface area contributed by atoms with Gasteiger partial charge >= 0.3 is 0 Å². The van der Waals surface area contributed by atoms with Crippen LogP contribution in [-0.4, -0.2) is 25.4 Å². The minimum Gasteiger partial charge on any atom is -0.454 e. The van der Waals surface area contributed by atoms with Gasteiger partial charge in [-0.05, 0) is 32.7 Å². The number of nitrogens with one attached hydrogen (secondary N) is 2. The Kier molecular flexibility index (Phi) is 4.22. The molecule has 0 radical (unpaired) electrons. The van der Waals surface area contributed by atoms with Crippen LogP contribution in [0, 0.1) is 0 Å². The Balaban J connectivity index is 1.62. The lowest BCUT2D eigenvalue weighted by atomic mass is 9.98. The average Bonchev–Trinajstić information content (AvgIpc) is 2.87. The zero-order chi connectivity index (χ0) is 13.9. The predicted molar refractivity (Wildman–Crippen MR) is 80.9 cm³/mol. The smallest absolute Gasteiger partial charge is 0.231 e. The van der Waals surface area contributed by atoms with Crippen molar-refractivity contribution < 1.29 is 9.47 Å². The van der Waals surface area contributed by atoms with Crippen LogP contribution in [0.5, 0.6) is 11.5 Å². The summed E-state index contributed by atoms with van der Waals surface area (Å²) in [5, 5.41) is 7.73. The molecule has 1 aromatic carbocycles. The maximum atomic E-state index is 6.28. The standard InChI is InChI=1S/C15H21ClN2O2/c1-10(6-11-4-2-3-5-17-11)18-13-8-15-14(7-12(13)16)19-9-20-15/h7-8,10-11,17-18H,2-6,9H2,1H3. The van der Waals surface area contributed by atoms with Gasteiger partial charge in [-0.25, -0.2) is 0 Å². The van der Waals surface area contributed by atoms with Crippen LogP contribution in [0.1, 0.15) is 32.6 Å².